The van der Waals surface area contributed by atoms with Gasteiger partial charge in [0.05, 0.1) is 0 Å². The molecule has 5 heteroatoms. The van der Waals surface area contributed by atoms with Gasteiger partial charge in [0.15, 0.2) is 0 Å². The Bertz CT molecular complexity index is 474. The maximum Gasteiger partial charge on any atom is 0.328 e. The minimum Gasteiger partial charge on any atom is -0.478 e. The molecule has 0 bridgehead atoms. The Balaban J connectivity index is 1.84. The van der Waals surface area contributed by atoms with E-state index in [9.17, 15) is 4.79 Å². The molecule has 0 aliphatic carbocycles. The molecule has 1 aromatic heterocycles. The van der Waals surface area contributed by atoms with Crippen molar-refractivity contribution in [1.29, 1.82) is 0 Å². The first-order valence-electron chi connectivity index (χ1n) is 6.99. The van der Waals surface area contributed by atoms with Crippen LogP contribution in [0.4, 0.5) is 0 Å². The average molecular weight is 294 g/mol. The van der Waals surface area contributed by atoms with Gasteiger partial charge in [0.2, 0.25) is 0 Å². The van der Waals surface area contributed by atoms with E-state index in [0.717, 1.165) is 38.3 Å². The molecule has 0 saturated carbocycles. The standard InChI is InChI=1S/C15H22N2O2S/c1-12(2)17-7-5-16(6-8-17)10-14-9-13(11-20-14)3-4-15(18)19/h3-4,9,11-12H,5-8,10H2,1-2H3,(H,18,19). The predicted octanol–water partition coefficient (Wildman–Crippen LogP) is 2.37. The van der Waals surface area contributed by atoms with E-state index in [0.29, 0.717) is 6.04 Å². The summed E-state index contributed by atoms with van der Waals surface area (Å²) < 4.78 is 0. The molecule has 0 aromatic carbocycles. The lowest BCUT2D eigenvalue weighted by molar-refractivity contribution is -0.131. The Kier molecular flexibility index (Phi) is 5.34. The van der Waals surface area contributed by atoms with Gasteiger partial charge in [-0.1, -0.05) is 0 Å². The summed E-state index contributed by atoms with van der Waals surface area (Å²) >= 11 is 1.70. The van der Waals surface area contributed by atoms with Crippen LogP contribution in [0.3, 0.4) is 0 Å². The van der Waals surface area contributed by atoms with Crippen molar-refractivity contribution < 1.29 is 9.90 Å². The van der Waals surface area contributed by atoms with E-state index in [-0.39, 0.29) is 0 Å². The molecular weight excluding hydrogens is 272 g/mol. The molecule has 110 valence electrons. The molecule has 0 radical (unpaired) electrons. The number of rotatable bonds is 5. The molecule has 1 fully saturated rings. The fourth-order valence-corrected chi connectivity index (χ4v) is 3.29. The molecule has 1 aromatic rings. The first-order chi connectivity index (χ1) is 9.54. The van der Waals surface area contributed by atoms with Crippen LogP contribution in [0, 0.1) is 0 Å². The van der Waals surface area contributed by atoms with Gasteiger partial charge < -0.3 is 5.11 Å². The molecule has 1 aliphatic heterocycles. The van der Waals surface area contributed by atoms with Crippen molar-refractivity contribution in [2.24, 2.45) is 0 Å². The van der Waals surface area contributed by atoms with E-state index < -0.39 is 5.97 Å². The van der Waals surface area contributed by atoms with Crippen LogP contribution in [0.2, 0.25) is 0 Å². The number of aliphatic carboxylic acids is 1. The van der Waals surface area contributed by atoms with E-state index in [1.165, 1.54) is 11.0 Å². The van der Waals surface area contributed by atoms with Crippen LogP contribution in [0.15, 0.2) is 17.5 Å². The second-order valence-electron chi connectivity index (χ2n) is 5.42. The van der Waals surface area contributed by atoms with Gasteiger partial charge in [-0.05, 0) is 36.9 Å². The van der Waals surface area contributed by atoms with E-state index >= 15 is 0 Å². The molecule has 2 heterocycles. The summed E-state index contributed by atoms with van der Waals surface area (Å²) in [5, 5.41) is 10.6. The highest BCUT2D eigenvalue weighted by molar-refractivity contribution is 7.10. The first kappa shape index (κ1) is 15.2. The van der Waals surface area contributed by atoms with Crippen LogP contribution in [-0.4, -0.2) is 53.1 Å². The number of piperazine rings is 1. The molecule has 1 saturated heterocycles. The van der Waals surface area contributed by atoms with E-state index in [1.54, 1.807) is 17.4 Å². The van der Waals surface area contributed by atoms with Crippen LogP contribution >= 0.6 is 11.3 Å². The zero-order valence-corrected chi connectivity index (χ0v) is 12.9. The number of carbonyl (C=O) groups is 1. The quantitative estimate of drug-likeness (QED) is 0.847. The van der Waals surface area contributed by atoms with Gasteiger partial charge in [-0.2, -0.15) is 0 Å². The molecule has 0 unspecified atom stereocenters. The Hall–Kier alpha value is -1.17. The molecular formula is C15H22N2O2S. The van der Waals surface area contributed by atoms with E-state index in [1.807, 2.05) is 5.38 Å². The molecule has 2 rings (SSSR count). The minimum absolute atomic E-state index is 0.631. The number of hydrogen-bond donors (Lipinski definition) is 1. The summed E-state index contributed by atoms with van der Waals surface area (Å²) in [6.45, 7) is 9.94. The SMILES string of the molecule is CC(C)N1CCN(Cc2cc(C=CC(=O)O)cs2)CC1. The van der Waals surface area contributed by atoms with Crippen molar-refractivity contribution in [3.8, 4) is 0 Å². The van der Waals surface area contributed by atoms with E-state index in [4.69, 9.17) is 5.11 Å². The Morgan fingerprint density at radius 1 is 1.40 bits per heavy atom. The summed E-state index contributed by atoms with van der Waals surface area (Å²) in [7, 11) is 0. The van der Waals surface area contributed by atoms with Gasteiger partial charge in [0.1, 0.15) is 0 Å². The maximum absolute atomic E-state index is 10.5. The van der Waals surface area contributed by atoms with Crippen molar-refractivity contribution in [3.63, 3.8) is 0 Å². The number of nitrogens with zero attached hydrogens (tertiary/aromatic N) is 2. The molecule has 20 heavy (non-hydrogen) atoms. The van der Waals surface area contributed by atoms with Gasteiger partial charge >= 0.3 is 5.97 Å². The minimum atomic E-state index is -0.900. The second kappa shape index (κ2) is 7.02. The number of carboxylic acids is 1. The fourth-order valence-electron chi connectivity index (χ4n) is 2.39. The normalized spacial score (nSPS) is 18.1. The molecule has 4 nitrogen and oxygen atoms in total. The van der Waals surface area contributed by atoms with Crippen molar-refractivity contribution in [3.05, 3.63) is 28.0 Å². The van der Waals surface area contributed by atoms with Crippen molar-refractivity contribution >= 4 is 23.4 Å². The summed E-state index contributed by atoms with van der Waals surface area (Å²) in [5.74, 6) is -0.900. The van der Waals surface area contributed by atoms with Gasteiger partial charge in [0, 0.05) is 49.7 Å². The smallest absolute Gasteiger partial charge is 0.328 e. The average Bonchev–Trinajstić information content (AvgIpc) is 2.84. The third kappa shape index (κ3) is 4.44. The molecule has 0 amide bonds. The Morgan fingerprint density at radius 3 is 2.70 bits per heavy atom. The fraction of sp³-hybridized carbons (Fsp3) is 0.533. The summed E-state index contributed by atoms with van der Waals surface area (Å²) in [6.07, 6.45) is 2.84. The van der Waals surface area contributed by atoms with Crippen LogP contribution < -0.4 is 0 Å². The zero-order valence-electron chi connectivity index (χ0n) is 12.1. The van der Waals surface area contributed by atoms with Crippen LogP contribution in [0.25, 0.3) is 6.08 Å². The lowest BCUT2D eigenvalue weighted by atomic mass is 10.2. The van der Waals surface area contributed by atoms with Crippen LogP contribution in [-0.2, 0) is 11.3 Å². The highest BCUT2D eigenvalue weighted by Gasteiger charge is 2.18. The highest BCUT2D eigenvalue weighted by atomic mass is 32.1. The first-order valence-corrected chi connectivity index (χ1v) is 7.87. The maximum atomic E-state index is 10.5. The van der Waals surface area contributed by atoms with Crippen molar-refractivity contribution in [1.82, 2.24) is 9.80 Å². The third-order valence-electron chi connectivity index (χ3n) is 3.61. The van der Waals surface area contributed by atoms with Gasteiger partial charge in [-0.3, -0.25) is 9.80 Å². The van der Waals surface area contributed by atoms with E-state index in [2.05, 4.69) is 29.7 Å². The largest absolute Gasteiger partial charge is 0.478 e. The molecule has 0 atom stereocenters. The number of hydrogen-bond acceptors (Lipinski definition) is 4. The van der Waals surface area contributed by atoms with Gasteiger partial charge in [-0.25, -0.2) is 4.79 Å². The van der Waals surface area contributed by atoms with Gasteiger partial charge in [-0.15, -0.1) is 11.3 Å². The molecule has 0 spiro atoms. The monoisotopic (exact) mass is 294 g/mol. The zero-order chi connectivity index (χ0) is 14.5. The molecule has 1 N–H and O–H groups in total. The van der Waals surface area contributed by atoms with Crippen molar-refractivity contribution in [2.45, 2.75) is 26.4 Å². The topological polar surface area (TPSA) is 43.8 Å². The lowest BCUT2D eigenvalue weighted by Gasteiger charge is -2.36. The third-order valence-corrected chi connectivity index (χ3v) is 4.55. The summed E-state index contributed by atoms with van der Waals surface area (Å²) in [5.41, 5.74) is 0.980. The van der Waals surface area contributed by atoms with Crippen molar-refractivity contribution in [2.75, 3.05) is 26.2 Å². The lowest BCUT2D eigenvalue weighted by Crippen LogP contribution is -2.48. The Labute approximate surface area is 124 Å². The second-order valence-corrected chi connectivity index (χ2v) is 6.42. The number of carboxylic acid groups (broad SMARTS) is 1. The number of thiophene rings is 1. The summed E-state index contributed by atoms with van der Waals surface area (Å²) in [6, 6.07) is 2.71. The molecule has 1 aliphatic rings. The summed E-state index contributed by atoms with van der Waals surface area (Å²) in [4.78, 5) is 16.8. The Morgan fingerprint density at radius 2 is 2.10 bits per heavy atom. The van der Waals surface area contributed by atoms with Crippen LogP contribution in [0.1, 0.15) is 24.3 Å². The van der Waals surface area contributed by atoms with Gasteiger partial charge in [0.25, 0.3) is 0 Å². The highest BCUT2D eigenvalue weighted by Crippen LogP contribution is 2.19. The predicted molar refractivity (Wildman–Crippen MR) is 83.0 cm³/mol. The van der Waals surface area contributed by atoms with Crippen LogP contribution in [0.5, 0.6) is 0 Å².